The molecule has 0 spiro atoms. The van der Waals surface area contributed by atoms with Crippen LogP contribution in [0.25, 0.3) is 0 Å². The fourth-order valence-corrected chi connectivity index (χ4v) is 2.37. The quantitative estimate of drug-likeness (QED) is 0.502. The number of anilines is 2. The van der Waals surface area contributed by atoms with E-state index in [0.29, 0.717) is 28.7 Å². The summed E-state index contributed by atoms with van der Waals surface area (Å²) >= 11 is 1.46. The first-order chi connectivity index (χ1) is 9.65. The molecule has 0 aliphatic carbocycles. The van der Waals surface area contributed by atoms with E-state index in [0.717, 1.165) is 5.69 Å². The van der Waals surface area contributed by atoms with Gasteiger partial charge in [0.05, 0.1) is 11.4 Å². The summed E-state index contributed by atoms with van der Waals surface area (Å²) in [4.78, 5) is 20.2. The van der Waals surface area contributed by atoms with Gasteiger partial charge in [-0.25, -0.2) is 9.97 Å². The molecule has 5 nitrogen and oxygen atoms in total. The Hall–Kier alpha value is -2.08. The normalized spacial score (nSPS) is 10.2. The van der Waals surface area contributed by atoms with Gasteiger partial charge in [-0.15, -0.1) is 0 Å². The number of aryl methyl sites for hydroxylation is 1. The summed E-state index contributed by atoms with van der Waals surface area (Å²) in [6, 6.07) is 9.04. The van der Waals surface area contributed by atoms with Crippen LogP contribution in [0.1, 0.15) is 12.1 Å². The lowest BCUT2D eigenvalue weighted by Crippen LogP contribution is -2.13. The van der Waals surface area contributed by atoms with Crippen LogP contribution in [0.2, 0.25) is 0 Å². The molecule has 0 bridgehead atoms. The van der Waals surface area contributed by atoms with Gasteiger partial charge in [-0.2, -0.15) is 0 Å². The van der Waals surface area contributed by atoms with E-state index in [-0.39, 0.29) is 5.91 Å². The third-order valence-electron chi connectivity index (χ3n) is 2.57. The smallest absolute Gasteiger partial charge is 0.225 e. The molecule has 0 atom stereocenters. The number of para-hydroxylation sites is 2. The monoisotopic (exact) mass is 288 g/mol. The molecule has 0 saturated heterocycles. The summed E-state index contributed by atoms with van der Waals surface area (Å²) in [6.45, 7) is 1.91. The number of nitrogen functional groups attached to an aromatic ring is 1. The van der Waals surface area contributed by atoms with Crippen molar-refractivity contribution < 1.29 is 4.79 Å². The molecule has 3 N–H and O–H groups in total. The number of hydrogen-bond donors (Lipinski definition) is 2. The van der Waals surface area contributed by atoms with Gasteiger partial charge in [0, 0.05) is 24.1 Å². The molecule has 2 rings (SSSR count). The highest BCUT2D eigenvalue weighted by Crippen LogP contribution is 2.18. The van der Waals surface area contributed by atoms with Gasteiger partial charge in [-0.3, -0.25) is 4.79 Å². The SMILES string of the molecule is Cc1ccnc(SCCC(=O)Nc2ccccc2N)n1. The zero-order valence-electron chi connectivity index (χ0n) is 11.2. The standard InChI is InChI=1S/C14H16N4OS/c1-10-6-8-16-14(17-10)20-9-7-13(19)18-12-5-3-2-4-11(12)15/h2-6,8H,7,9,15H2,1H3,(H,18,19). The highest BCUT2D eigenvalue weighted by molar-refractivity contribution is 7.99. The van der Waals surface area contributed by atoms with E-state index in [1.54, 1.807) is 18.3 Å². The zero-order chi connectivity index (χ0) is 14.4. The summed E-state index contributed by atoms with van der Waals surface area (Å²) < 4.78 is 0. The van der Waals surface area contributed by atoms with Crippen LogP contribution in [0.4, 0.5) is 11.4 Å². The topological polar surface area (TPSA) is 80.9 Å². The Morgan fingerprint density at radius 2 is 2.15 bits per heavy atom. The first-order valence-corrected chi connectivity index (χ1v) is 7.20. The number of nitrogens with two attached hydrogens (primary N) is 1. The molecule has 0 aliphatic heterocycles. The van der Waals surface area contributed by atoms with Crippen LogP contribution in [0, 0.1) is 6.92 Å². The Morgan fingerprint density at radius 1 is 1.35 bits per heavy atom. The summed E-state index contributed by atoms with van der Waals surface area (Å²) in [5, 5.41) is 3.48. The first-order valence-electron chi connectivity index (χ1n) is 6.22. The van der Waals surface area contributed by atoms with Gasteiger partial charge in [0.2, 0.25) is 5.91 Å². The average Bonchev–Trinajstić information content (AvgIpc) is 2.41. The van der Waals surface area contributed by atoms with Gasteiger partial charge in [-0.05, 0) is 25.1 Å². The van der Waals surface area contributed by atoms with E-state index < -0.39 is 0 Å². The molecule has 1 heterocycles. The van der Waals surface area contributed by atoms with Gasteiger partial charge >= 0.3 is 0 Å². The highest BCUT2D eigenvalue weighted by Gasteiger charge is 2.06. The molecule has 1 amide bonds. The number of thioether (sulfide) groups is 1. The van der Waals surface area contributed by atoms with Crippen LogP contribution in [-0.4, -0.2) is 21.6 Å². The van der Waals surface area contributed by atoms with E-state index in [9.17, 15) is 4.79 Å². The zero-order valence-corrected chi connectivity index (χ0v) is 12.0. The second-order valence-corrected chi connectivity index (χ2v) is 5.28. The van der Waals surface area contributed by atoms with Crippen LogP contribution < -0.4 is 11.1 Å². The third-order valence-corrected chi connectivity index (χ3v) is 3.43. The minimum Gasteiger partial charge on any atom is -0.397 e. The van der Waals surface area contributed by atoms with Gasteiger partial charge in [0.15, 0.2) is 5.16 Å². The largest absolute Gasteiger partial charge is 0.397 e. The molecular formula is C14H16N4OS. The van der Waals surface area contributed by atoms with Crippen molar-refractivity contribution in [3.8, 4) is 0 Å². The number of carbonyl (C=O) groups excluding carboxylic acids is 1. The predicted octanol–water partition coefficient (Wildman–Crippen LogP) is 2.49. The number of nitrogens with one attached hydrogen (secondary N) is 1. The first kappa shape index (κ1) is 14.3. The molecule has 0 fully saturated rings. The van der Waals surface area contributed by atoms with Crippen molar-refractivity contribution in [1.29, 1.82) is 0 Å². The van der Waals surface area contributed by atoms with Gasteiger partial charge < -0.3 is 11.1 Å². The van der Waals surface area contributed by atoms with E-state index in [2.05, 4.69) is 15.3 Å². The van der Waals surface area contributed by atoms with Gasteiger partial charge in [0.25, 0.3) is 0 Å². The number of amides is 1. The molecule has 6 heteroatoms. The maximum absolute atomic E-state index is 11.8. The molecule has 0 aliphatic rings. The van der Waals surface area contributed by atoms with Crippen LogP contribution in [-0.2, 0) is 4.79 Å². The lowest BCUT2D eigenvalue weighted by atomic mass is 10.2. The molecule has 0 saturated carbocycles. The number of aromatic nitrogens is 2. The Bertz CT molecular complexity index is 603. The second-order valence-electron chi connectivity index (χ2n) is 4.21. The number of benzene rings is 1. The molecule has 0 radical (unpaired) electrons. The van der Waals surface area contributed by atoms with Crippen molar-refractivity contribution >= 4 is 29.0 Å². The van der Waals surface area contributed by atoms with E-state index in [4.69, 9.17) is 5.73 Å². The number of nitrogens with zero attached hydrogens (tertiary/aromatic N) is 2. The van der Waals surface area contributed by atoms with Crippen molar-refractivity contribution in [2.75, 3.05) is 16.8 Å². The van der Waals surface area contributed by atoms with Gasteiger partial charge in [-0.1, -0.05) is 23.9 Å². The Labute approximate surface area is 122 Å². The fourth-order valence-electron chi connectivity index (χ4n) is 1.55. The minimum atomic E-state index is -0.0666. The predicted molar refractivity (Wildman–Crippen MR) is 81.6 cm³/mol. The van der Waals surface area contributed by atoms with Crippen molar-refractivity contribution in [2.45, 2.75) is 18.5 Å². The van der Waals surface area contributed by atoms with Crippen molar-refractivity contribution in [3.63, 3.8) is 0 Å². The van der Waals surface area contributed by atoms with Crippen molar-refractivity contribution in [3.05, 3.63) is 42.2 Å². The van der Waals surface area contributed by atoms with E-state index in [1.165, 1.54) is 11.8 Å². The summed E-state index contributed by atoms with van der Waals surface area (Å²) in [7, 11) is 0. The minimum absolute atomic E-state index is 0.0666. The summed E-state index contributed by atoms with van der Waals surface area (Å²) in [5.74, 6) is 0.560. The maximum atomic E-state index is 11.8. The van der Waals surface area contributed by atoms with Crippen LogP contribution >= 0.6 is 11.8 Å². The molecule has 1 aromatic heterocycles. The Morgan fingerprint density at radius 3 is 2.90 bits per heavy atom. The molecule has 0 unspecified atom stereocenters. The van der Waals surface area contributed by atoms with Crippen molar-refractivity contribution in [2.24, 2.45) is 0 Å². The second kappa shape index (κ2) is 6.91. The Balaban J connectivity index is 1.80. The number of carbonyl (C=O) groups is 1. The van der Waals surface area contributed by atoms with Gasteiger partial charge in [0.1, 0.15) is 0 Å². The molecule has 2 aromatic rings. The Kier molecular flexibility index (Phi) is 4.95. The van der Waals surface area contributed by atoms with E-state index >= 15 is 0 Å². The highest BCUT2D eigenvalue weighted by atomic mass is 32.2. The lowest BCUT2D eigenvalue weighted by molar-refractivity contribution is -0.115. The summed E-state index contributed by atoms with van der Waals surface area (Å²) in [6.07, 6.45) is 2.10. The molecular weight excluding hydrogens is 272 g/mol. The molecule has 104 valence electrons. The van der Waals surface area contributed by atoms with E-state index in [1.807, 2.05) is 25.1 Å². The van der Waals surface area contributed by atoms with Crippen LogP contribution in [0.5, 0.6) is 0 Å². The molecule has 20 heavy (non-hydrogen) atoms. The maximum Gasteiger partial charge on any atom is 0.225 e. The average molecular weight is 288 g/mol. The number of hydrogen-bond acceptors (Lipinski definition) is 5. The van der Waals surface area contributed by atoms with Crippen LogP contribution in [0.15, 0.2) is 41.7 Å². The van der Waals surface area contributed by atoms with Crippen LogP contribution in [0.3, 0.4) is 0 Å². The number of rotatable bonds is 5. The lowest BCUT2D eigenvalue weighted by Gasteiger charge is -2.07. The third kappa shape index (κ3) is 4.24. The summed E-state index contributed by atoms with van der Waals surface area (Å²) in [5.41, 5.74) is 7.90. The van der Waals surface area contributed by atoms with Crippen molar-refractivity contribution in [1.82, 2.24) is 9.97 Å². The fraction of sp³-hybridized carbons (Fsp3) is 0.214. The molecule has 1 aromatic carbocycles.